The van der Waals surface area contributed by atoms with E-state index in [9.17, 15) is 19.2 Å². The van der Waals surface area contributed by atoms with E-state index in [1.165, 1.54) is 0 Å². The zero-order valence-corrected chi connectivity index (χ0v) is 8.10. The Bertz CT molecular complexity index is 291. The van der Waals surface area contributed by atoms with E-state index >= 15 is 0 Å². The molecular formula is C7H12N4O4. The van der Waals surface area contributed by atoms with Crippen LogP contribution in [0.1, 0.15) is 0 Å². The predicted molar refractivity (Wildman–Crippen MR) is 49.1 cm³/mol. The molecule has 0 saturated carbocycles. The van der Waals surface area contributed by atoms with Crippen LogP contribution in [0.2, 0.25) is 0 Å². The van der Waals surface area contributed by atoms with Gasteiger partial charge < -0.3 is 16.8 Å². The van der Waals surface area contributed by atoms with E-state index in [1.807, 2.05) is 0 Å². The third-order valence-electron chi connectivity index (χ3n) is 1.71. The van der Waals surface area contributed by atoms with E-state index in [-0.39, 0.29) is 6.54 Å². The zero-order chi connectivity index (χ0) is 12.0. The van der Waals surface area contributed by atoms with Crippen molar-refractivity contribution in [2.75, 3.05) is 13.6 Å². The molecule has 8 heteroatoms. The lowest BCUT2D eigenvalue weighted by atomic mass is 10.1. The molecule has 0 aliphatic carbocycles. The number of hydrogen-bond donors (Lipinski definition) is 3. The number of nitrogens with one attached hydrogen (secondary N) is 1. The number of nitrogens with two attached hydrogens (primary N) is 2. The number of primary amides is 2. The first-order chi connectivity index (χ1) is 6.91. The SMILES string of the molecule is CN(C(N)=O)C(=O)C(CNC=O)C(N)=O. The molecule has 5 N–H and O–H groups in total. The monoisotopic (exact) mass is 216 g/mol. The highest BCUT2D eigenvalue weighted by atomic mass is 16.2. The summed E-state index contributed by atoms with van der Waals surface area (Å²) in [6.07, 6.45) is 0.313. The molecule has 0 aromatic rings. The van der Waals surface area contributed by atoms with Gasteiger partial charge in [0.2, 0.25) is 18.2 Å². The number of hydrogen-bond acceptors (Lipinski definition) is 4. The van der Waals surface area contributed by atoms with Crippen LogP contribution >= 0.6 is 0 Å². The summed E-state index contributed by atoms with van der Waals surface area (Å²) in [6.45, 7) is -0.269. The molecule has 0 aliphatic heterocycles. The molecule has 0 aromatic heterocycles. The van der Waals surface area contributed by atoms with E-state index in [1.54, 1.807) is 0 Å². The number of rotatable bonds is 5. The molecule has 0 aromatic carbocycles. The molecule has 0 bridgehead atoms. The van der Waals surface area contributed by atoms with Gasteiger partial charge >= 0.3 is 6.03 Å². The highest BCUT2D eigenvalue weighted by Gasteiger charge is 2.29. The first kappa shape index (κ1) is 12.9. The second-order valence-electron chi connectivity index (χ2n) is 2.72. The van der Waals surface area contributed by atoms with Gasteiger partial charge in [-0.25, -0.2) is 4.79 Å². The van der Waals surface area contributed by atoms with Gasteiger partial charge in [0.15, 0.2) is 0 Å². The second kappa shape index (κ2) is 5.58. The summed E-state index contributed by atoms with van der Waals surface area (Å²) in [5, 5.41) is 2.12. The zero-order valence-electron chi connectivity index (χ0n) is 8.10. The maximum Gasteiger partial charge on any atom is 0.321 e. The largest absolute Gasteiger partial charge is 0.369 e. The molecule has 1 unspecified atom stereocenters. The van der Waals surface area contributed by atoms with Crippen molar-refractivity contribution < 1.29 is 19.2 Å². The van der Waals surface area contributed by atoms with E-state index in [2.05, 4.69) is 5.32 Å². The van der Waals surface area contributed by atoms with Crippen LogP contribution < -0.4 is 16.8 Å². The van der Waals surface area contributed by atoms with Gasteiger partial charge in [0, 0.05) is 13.6 Å². The molecule has 5 amide bonds. The molecule has 0 rings (SSSR count). The minimum Gasteiger partial charge on any atom is -0.369 e. The molecule has 8 nitrogen and oxygen atoms in total. The van der Waals surface area contributed by atoms with Gasteiger partial charge in [0.1, 0.15) is 5.92 Å². The minimum absolute atomic E-state index is 0.269. The summed E-state index contributed by atoms with van der Waals surface area (Å²) in [5.41, 5.74) is 9.75. The average Bonchev–Trinajstić information content (AvgIpc) is 2.16. The van der Waals surface area contributed by atoms with Crippen LogP contribution in [-0.4, -0.2) is 42.7 Å². The van der Waals surface area contributed by atoms with Crippen LogP contribution in [0.15, 0.2) is 0 Å². The van der Waals surface area contributed by atoms with Crippen molar-refractivity contribution in [3.05, 3.63) is 0 Å². The van der Waals surface area contributed by atoms with Crippen molar-refractivity contribution in [1.82, 2.24) is 10.2 Å². The highest BCUT2D eigenvalue weighted by molar-refractivity contribution is 6.05. The molecule has 0 spiro atoms. The maximum absolute atomic E-state index is 11.4. The van der Waals surface area contributed by atoms with E-state index in [0.717, 1.165) is 7.05 Å². The van der Waals surface area contributed by atoms with E-state index in [0.29, 0.717) is 11.3 Å². The first-order valence-electron chi connectivity index (χ1n) is 3.95. The predicted octanol–water partition coefficient (Wildman–Crippen LogP) is -2.63. The topological polar surface area (TPSA) is 136 Å². The Balaban J connectivity index is 4.62. The number of nitrogens with zero attached hydrogens (tertiary/aromatic N) is 1. The van der Waals surface area contributed by atoms with Gasteiger partial charge in [-0.05, 0) is 0 Å². The normalized spacial score (nSPS) is 11.3. The summed E-state index contributed by atoms with van der Waals surface area (Å²) in [7, 11) is 1.11. The summed E-state index contributed by atoms with van der Waals surface area (Å²) in [4.78, 5) is 43.4. The lowest BCUT2D eigenvalue weighted by Gasteiger charge is -2.17. The van der Waals surface area contributed by atoms with Crippen molar-refractivity contribution in [2.24, 2.45) is 17.4 Å². The van der Waals surface area contributed by atoms with E-state index < -0.39 is 23.8 Å². The fourth-order valence-electron chi connectivity index (χ4n) is 0.818. The van der Waals surface area contributed by atoms with Crippen molar-refractivity contribution in [2.45, 2.75) is 0 Å². The van der Waals surface area contributed by atoms with Crippen molar-refractivity contribution in [1.29, 1.82) is 0 Å². The Hall–Kier alpha value is -2.12. The smallest absolute Gasteiger partial charge is 0.321 e. The Kier molecular flexibility index (Phi) is 4.79. The van der Waals surface area contributed by atoms with Crippen molar-refractivity contribution in [3.8, 4) is 0 Å². The molecule has 15 heavy (non-hydrogen) atoms. The first-order valence-corrected chi connectivity index (χ1v) is 3.95. The summed E-state index contributed by atoms with van der Waals surface area (Å²) in [5.74, 6) is -3.10. The molecule has 0 saturated heterocycles. The molecule has 0 aliphatic rings. The quantitative estimate of drug-likeness (QED) is 0.342. The second-order valence-corrected chi connectivity index (χ2v) is 2.72. The van der Waals surface area contributed by atoms with E-state index in [4.69, 9.17) is 11.5 Å². The third kappa shape index (κ3) is 3.63. The third-order valence-corrected chi connectivity index (χ3v) is 1.71. The fourth-order valence-corrected chi connectivity index (χ4v) is 0.818. The number of urea groups is 1. The average molecular weight is 216 g/mol. The molecule has 84 valence electrons. The van der Waals surface area contributed by atoms with Gasteiger partial charge in [0.05, 0.1) is 0 Å². The highest BCUT2D eigenvalue weighted by Crippen LogP contribution is 1.99. The molecule has 0 radical (unpaired) electrons. The molecular weight excluding hydrogens is 204 g/mol. The Morgan fingerprint density at radius 1 is 1.40 bits per heavy atom. The summed E-state index contributed by atoms with van der Waals surface area (Å²) >= 11 is 0. The summed E-state index contributed by atoms with van der Waals surface area (Å²) < 4.78 is 0. The Morgan fingerprint density at radius 2 is 1.93 bits per heavy atom. The Morgan fingerprint density at radius 3 is 2.27 bits per heavy atom. The van der Waals surface area contributed by atoms with Crippen LogP contribution in [0.5, 0.6) is 0 Å². The number of carbonyl (C=O) groups is 4. The van der Waals surface area contributed by atoms with Crippen LogP contribution in [0.4, 0.5) is 4.79 Å². The van der Waals surface area contributed by atoms with Crippen LogP contribution in [0.25, 0.3) is 0 Å². The van der Waals surface area contributed by atoms with Crippen LogP contribution in [-0.2, 0) is 14.4 Å². The minimum atomic E-state index is -1.30. The number of imide groups is 1. The number of amides is 5. The van der Waals surface area contributed by atoms with Crippen LogP contribution in [0, 0.1) is 5.92 Å². The van der Waals surface area contributed by atoms with Crippen molar-refractivity contribution >= 4 is 24.3 Å². The standard InChI is InChI=1S/C7H12N4O4/c1-11(7(9)15)6(14)4(5(8)13)2-10-3-12/h3-4H,2H2,1H3,(H2,8,13)(H2,9,15)(H,10,12). The van der Waals surface area contributed by atoms with Gasteiger partial charge in [-0.1, -0.05) is 0 Å². The Labute approximate surface area is 85.6 Å². The van der Waals surface area contributed by atoms with Crippen molar-refractivity contribution in [3.63, 3.8) is 0 Å². The van der Waals surface area contributed by atoms with Gasteiger partial charge in [-0.2, -0.15) is 0 Å². The number of carbonyl (C=O) groups excluding carboxylic acids is 4. The van der Waals surface area contributed by atoms with Gasteiger partial charge in [-0.3, -0.25) is 19.3 Å². The molecule has 0 fully saturated rings. The lowest BCUT2D eigenvalue weighted by molar-refractivity contribution is -0.137. The molecule has 1 atom stereocenters. The van der Waals surface area contributed by atoms with Crippen LogP contribution in [0.3, 0.4) is 0 Å². The van der Waals surface area contributed by atoms with Gasteiger partial charge in [0.25, 0.3) is 0 Å². The maximum atomic E-state index is 11.4. The summed E-state index contributed by atoms with van der Waals surface area (Å²) in [6, 6.07) is -1.00. The fraction of sp³-hybridized carbons (Fsp3) is 0.429. The molecule has 0 heterocycles. The lowest BCUT2D eigenvalue weighted by Crippen LogP contribution is -2.48. The van der Waals surface area contributed by atoms with Gasteiger partial charge in [-0.15, -0.1) is 0 Å².